The summed E-state index contributed by atoms with van der Waals surface area (Å²) in [6.07, 6.45) is -0.367. The van der Waals surface area contributed by atoms with Crippen molar-refractivity contribution in [3.8, 4) is 0 Å². The van der Waals surface area contributed by atoms with Gasteiger partial charge in [-0.25, -0.2) is 0 Å². The second-order valence-corrected chi connectivity index (χ2v) is 6.54. The molecule has 106 valence electrons. The highest BCUT2D eigenvalue weighted by Gasteiger charge is 2.34. The zero-order valence-electron chi connectivity index (χ0n) is 11.3. The van der Waals surface area contributed by atoms with Crippen LogP contribution in [0.25, 0.3) is 0 Å². The van der Waals surface area contributed by atoms with Crippen LogP contribution in [0.1, 0.15) is 19.4 Å². The second-order valence-electron chi connectivity index (χ2n) is 4.95. The summed E-state index contributed by atoms with van der Waals surface area (Å²) < 4.78 is 40.0. The molecule has 5 nitrogen and oxygen atoms in total. The Morgan fingerprint density at radius 2 is 2.05 bits per heavy atom. The fourth-order valence-electron chi connectivity index (χ4n) is 1.91. The SMILES string of the molecule is Cc1ccccc1S(=O)(=O)OCC1COC(C)(C)O1. The highest BCUT2D eigenvalue weighted by molar-refractivity contribution is 7.86. The van der Waals surface area contributed by atoms with Gasteiger partial charge < -0.3 is 9.47 Å². The standard InChI is InChI=1S/C13H18O5S/c1-10-6-4-5-7-12(10)19(14,15)17-9-11-8-16-13(2,3)18-11/h4-7,11H,8-9H2,1-3H3. The summed E-state index contributed by atoms with van der Waals surface area (Å²) in [5.41, 5.74) is 0.659. The zero-order chi connectivity index (χ0) is 14.1. The van der Waals surface area contributed by atoms with Crippen LogP contribution < -0.4 is 0 Å². The van der Waals surface area contributed by atoms with Gasteiger partial charge in [0.2, 0.25) is 0 Å². The van der Waals surface area contributed by atoms with Crippen molar-refractivity contribution in [2.24, 2.45) is 0 Å². The average Bonchev–Trinajstić information content (AvgIpc) is 2.67. The van der Waals surface area contributed by atoms with E-state index in [1.807, 2.05) is 0 Å². The molecule has 1 saturated heterocycles. The Morgan fingerprint density at radius 3 is 2.63 bits per heavy atom. The molecule has 0 saturated carbocycles. The molecule has 1 atom stereocenters. The molecular weight excluding hydrogens is 268 g/mol. The Morgan fingerprint density at radius 1 is 1.37 bits per heavy atom. The molecule has 1 aromatic carbocycles. The largest absolute Gasteiger partial charge is 0.348 e. The van der Waals surface area contributed by atoms with E-state index in [2.05, 4.69) is 0 Å². The molecule has 0 N–H and O–H groups in total. The number of hydrogen-bond acceptors (Lipinski definition) is 5. The predicted octanol–water partition coefficient (Wildman–Crippen LogP) is 1.85. The fraction of sp³-hybridized carbons (Fsp3) is 0.538. The van der Waals surface area contributed by atoms with Crippen molar-refractivity contribution >= 4 is 10.1 Å². The van der Waals surface area contributed by atoms with E-state index in [0.29, 0.717) is 12.2 Å². The van der Waals surface area contributed by atoms with Crippen molar-refractivity contribution in [2.45, 2.75) is 37.6 Å². The van der Waals surface area contributed by atoms with Gasteiger partial charge in [-0.05, 0) is 32.4 Å². The molecule has 0 amide bonds. The van der Waals surface area contributed by atoms with Gasteiger partial charge in [0.15, 0.2) is 5.79 Å². The molecule has 0 radical (unpaired) electrons. The van der Waals surface area contributed by atoms with E-state index in [4.69, 9.17) is 13.7 Å². The van der Waals surface area contributed by atoms with Crippen molar-refractivity contribution < 1.29 is 22.1 Å². The van der Waals surface area contributed by atoms with Crippen LogP contribution in [0.2, 0.25) is 0 Å². The summed E-state index contributed by atoms with van der Waals surface area (Å²) in [6.45, 7) is 5.58. The quantitative estimate of drug-likeness (QED) is 0.790. The molecule has 1 unspecified atom stereocenters. The van der Waals surface area contributed by atoms with Crippen LogP contribution in [0.3, 0.4) is 0 Å². The molecule has 1 heterocycles. The first-order valence-electron chi connectivity index (χ1n) is 6.07. The van der Waals surface area contributed by atoms with Crippen LogP contribution in [-0.4, -0.2) is 33.5 Å². The average molecular weight is 286 g/mol. The number of hydrogen-bond donors (Lipinski definition) is 0. The maximum Gasteiger partial charge on any atom is 0.297 e. The van der Waals surface area contributed by atoms with Crippen LogP contribution in [-0.2, 0) is 23.8 Å². The third kappa shape index (κ3) is 3.54. The van der Waals surface area contributed by atoms with Crippen LogP contribution in [0, 0.1) is 6.92 Å². The first kappa shape index (κ1) is 14.5. The van der Waals surface area contributed by atoms with Gasteiger partial charge in [-0.15, -0.1) is 0 Å². The minimum absolute atomic E-state index is 0.0416. The normalized spacial score (nSPS) is 22.6. The number of benzene rings is 1. The molecule has 6 heteroatoms. The molecule has 0 aliphatic carbocycles. The lowest BCUT2D eigenvalue weighted by Gasteiger charge is -2.17. The van der Waals surface area contributed by atoms with Crippen molar-refractivity contribution in [1.82, 2.24) is 0 Å². The lowest BCUT2D eigenvalue weighted by molar-refractivity contribution is -0.141. The number of aryl methyl sites for hydroxylation is 1. The molecule has 0 aromatic heterocycles. The Bertz CT molecular complexity index is 550. The van der Waals surface area contributed by atoms with Gasteiger partial charge >= 0.3 is 0 Å². The van der Waals surface area contributed by atoms with Crippen LogP contribution in [0.15, 0.2) is 29.2 Å². The molecule has 1 aromatic rings. The van der Waals surface area contributed by atoms with Crippen LogP contribution >= 0.6 is 0 Å². The third-order valence-electron chi connectivity index (χ3n) is 2.84. The molecule has 1 aliphatic heterocycles. The topological polar surface area (TPSA) is 61.8 Å². The fourth-order valence-corrected chi connectivity index (χ4v) is 3.08. The number of rotatable bonds is 4. The van der Waals surface area contributed by atoms with Gasteiger partial charge in [0.1, 0.15) is 6.10 Å². The highest BCUT2D eigenvalue weighted by atomic mass is 32.2. The van der Waals surface area contributed by atoms with Crippen molar-refractivity contribution in [3.63, 3.8) is 0 Å². The Labute approximate surface area is 113 Å². The van der Waals surface area contributed by atoms with Gasteiger partial charge in [0.05, 0.1) is 18.1 Å². The Balaban J connectivity index is 2.02. The minimum atomic E-state index is -3.75. The minimum Gasteiger partial charge on any atom is -0.348 e. The lowest BCUT2D eigenvalue weighted by atomic mass is 10.2. The van der Waals surface area contributed by atoms with E-state index >= 15 is 0 Å². The smallest absolute Gasteiger partial charge is 0.297 e. The van der Waals surface area contributed by atoms with E-state index < -0.39 is 15.9 Å². The van der Waals surface area contributed by atoms with Crippen molar-refractivity contribution in [2.75, 3.05) is 13.2 Å². The van der Waals surface area contributed by atoms with E-state index in [9.17, 15) is 8.42 Å². The molecule has 2 rings (SSSR count). The van der Waals surface area contributed by atoms with Gasteiger partial charge in [0.25, 0.3) is 10.1 Å². The van der Waals surface area contributed by atoms with Gasteiger partial charge in [-0.1, -0.05) is 18.2 Å². The highest BCUT2D eigenvalue weighted by Crippen LogP contribution is 2.24. The van der Waals surface area contributed by atoms with Crippen LogP contribution in [0.5, 0.6) is 0 Å². The zero-order valence-corrected chi connectivity index (χ0v) is 12.1. The summed E-state index contributed by atoms with van der Waals surface area (Å²) in [4.78, 5) is 0.188. The summed E-state index contributed by atoms with van der Waals surface area (Å²) in [6, 6.07) is 6.71. The Hall–Kier alpha value is -0.950. The Kier molecular flexibility index (Phi) is 3.96. The van der Waals surface area contributed by atoms with Gasteiger partial charge in [-0.2, -0.15) is 8.42 Å². The maximum absolute atomic E-state index is 12.1. The molecule has 0 bridgehead atoms. The molecular formula is C13H18O5S. The van der Waals surface area contributed by atoms with E-state index in [0.717, 1.165) is 0 Å². The molecule has 19 heavy (non-hydrogen) atoms. The first-order valence-corrected chi connectivity index (χ1v) is 7.48. The van der Waals surface area contributed by atoms with E-state index in [-0.39, 0.29) is 17.6 Å². The first-order chi connectivity index (χ1) is 8.80. The summed E-state index contributed by atoms with van der Waals surface area (Å²) in [5.74, 6) is -0.680. The van der Waals surface area contributed by atoms with Gasteiger partial charge in [-0.3, -0.25) is 4.18 Å². The molecule has 1 aliphatic rings. The van der Waals surface area contributed by atoms with Gasteiger partial charge in [0, 0.05) is 0 Å². The third-order valence-corrected chi connectivity index (χ3v) is 4.28. The van der Waals surface area contributed by atoms with E-state index in [1.54, 1.807) is 39.0 Å². The van der Waals surface area contributed by atoms with E-state index in [1.165, 1.54) is 6.07 Å². The van der Waals surface area contributed by atoms with Crippen molar-refractivity contribution in [3.05, 3.63) is 29.8 Å². The predicted molar refractivity (Wildman–Crippen MR) is 69.2 cm³/mol. The monoisotopic (exact) mass is 286 g/mol. The lowest BCUT2D eigenvalue weighted by Crippen LogP contribution is -2.25. The summed E-state index contributed by atoms with van der Waals surface area (Å²) >= 11 is 0. The van der Waals surface area contributed by atoms with Crippen LogP contribution in [0.4, 0.5) is 0 Å². The summed E-state index contributed by atoms with van der Waals surface area (Å²) in [7, 11) is -3.75. The summed E-state index contributed by atoms with van der Waals surface area (Å²) in [5, 5.41) is 0. The second kappa shape index (κ2) is 5.20. The van der Waals surface area contributed by atoms with Crippen molar-refractivity contribution in [1.29, 1.82) is 0 Å². The maximum atomic E-state index is 12.1. The molecule has 1 fully saturated rings. The number of ether oxygens (including phenoxy) is 2. The molecule has 0 spiro atoms.